The molecule has 2 N–H and O–H groups in total. The Bertz CT molecular complexity index is 329. The molecule has 15 heavy (non-hydrogen) atoms. The lowest BCUT2D eigenvalue weighted by molar-refractivity contribution is 0.516. The SMILES string of the molecule is Cc1ccc(N)cc1SC1CCCCC1. The molecule has 0 saturated heterocycles. The number of aryl methyl sites for hydroxylation is 1. The van der Waals surface area contributed by atoms with Crippen LogP contribution in [0, 0.1) is 6.92 Å². The Kier molecular flexibility index (Phi) is 3.57. The molecule has 1 aromatic rings. The lowest BCUT2D eigenvalue weighted by Crippen LogP contribution is -2.08. The van der Waals surface area contributed by atoms with Gasteiger partial charge in [0, 0.05) is 15.8 Å². The summed E-state index contributed by atoms with van der Waals surface area (Å²) in [7, 11) is 0. The lowest BCUT2D eigenvalue weighted by Gasteiger charge is -2.21. The summed E-state index contributed by atoms with van der Waals surface area (Å²) in [5, 5.41) is 0.819. The zero-order valence-corrected chi connectivity index (χ0v) is 10.1. The van der Waals surface area contributed by atoms with Gasteiger partial charge in [-0.05, 0) is 37.5 Å². The number of hydrogen-bond acceptors (Lipinski definition) is 2. The predicted molar refractivity (Wildman–Crippen MR) is 68.3 cm³/mol. The molecule has 0 unspecified atom stereocenters. The minimum absolute atomic E-state index is 0.819. The van der Waals surface area contributed by atoms with Gasteiger partial charge in [0.2, 0.25) is 0 Å². The highest BCUT2D eigenvalue weighted by molar-refractivity contribution is 8.00. The van der Waals surface area contributed by atoms with Crippen LogP contribution in [0.25, 0.3) is 0 Å². The summed E-state index contributed by atoms with van der Waals surface area (Å²) in [6.45, 7) is 2.17. The van der Waals surface area contributed by atoms with Crippen LogP contribution in [0.4, 0.5) is 5.69 Å². The Morgan fingerprint density at radius 2 is 1.93 bits per heavy atom. The first-order valence-electron chi connectivity index (χ1n) is 5.78. The molecule has 0 aliphatic heterocycles. The zero-order valence-electron chi connectivity index (χ0n) is 9.33. The van der Waals surface area contributed by atoms with E-state index in [-0.39, 0.29) is 0 Å². The van der Waals surface area contributed by atoms with E-state index >= 15 is 0 Å². The Balaban J connectivity index is 2.05. The molecule has 0 spiro atoms. The van der Waals surface area contributed by atoms with E-state index in [2.05, 4.69) is 19.1 Å². The fourth-order valence-electron chi connectivity index (χ4n) is 2.11. The molecular weight excluding hydrogens is 202 g/mol. The summed E-state index contributed by atoms with van der Waals surface area (Å²) in [6, 6.07) is 6.23. The Labute approximate surface area is 96.4 Å². The highest BCUT2D eigenvalue weighted by Gasteiger charge is 2.15. The van der Waals surface area contributed by atoms with Crippen LogP contribution in [0.3, 0.4) is 0 Å². The summed E-state index contributed by atoms with van der Waals surface area (Å²) in [5.74, 6) is 0. The van der Waals surface area contributed by atoms with Gasteiger partial charge in [-0.3, -0.25) is 0 Å². The van der Waals surface area contributed by atoms with Crippen LogP contribution < -0.4 is 5.73 Å². The van der Waals surface area contributed by atoms with Gasteiger partial charge in [0.15, 0.2) is 0 Å². The standard InChI is InChI=1S/C13H19NS/c1-10-7-8-11(14)9-13(10)15-12-5-3-2-4-6-12/h7-9,12H,2-6,14H2,1H3. The van der Waals surface area contributed by atoms with Gasteiger partial charge in [-0.25, -0.2) is 0 Å². The number of benzene rings is 1. The van der Waals surface area contributed by atoms with E-state index in [1.54, 1.807) is 0 Å². The zero-order chi connectivity index (χ0) is 10.7. The van der Waals surface area contributed by atoms with Crippen molar-refractivity contribution in [3.05, 3.63) is 23.8 Å². The van der Waals surface area contributed by atoms with E-state index in [9.17, 15) is 0 Å². The first-order valence-corrected chi connectivity index (χ1v) is 6.66. The first kappa shape index (κ1) is 10.9. The van der Waals surface area contributed by atoms with Gasteiger partial charge in [0.05, 0.1) is 0 Å². The Hall–Kier alpha value is -0.630. The minimum atomic E-state index is 0.819. The highest BCUT2D eigenvalue weighted by Crippen LogP contribution is 2.35. The van der Waals surface area contributed by atoms with Crippen molar-refractivity contribution in [1.29, 1.82) is 0 Å². The molecule has 0 bridgehead atoms. The third kappa shape index (κ3) is 2.91. The molecule has 0 aromatic heterocycles. The van der Waals surface area contributed by atoms with Gasteiger partial charge < -0.3 is 5.73 Å². The first-order chi connectivity index (χ1) is 7.25. The molecular formula is C13H19NS. The van der Waals surface area contributed by atoms with Crippen LogP contribution in [-0.2, 0) is 0 Å². The van der Waals surface area contributed by atoms with Crippen molar-refractivity contribution < 1.29 is 0 Å². The molecule has 82 valence electrons. The van der Waals surface area contributed by atoms with Crippen molar-refractivity contribution in [2.24, 2.45) is 0 Å². The number of nitrogens with two attached hydrogens (primary N) is 1. The van der Waals surface area contributed by atoms with Gasteiger partial charge in [-0.1, -0.05) is 25.3 Å². The van der Waals surface area contributed by atoms with Gasteiger partial charge in [0.25, 0.3) is 0 Å². The van der Waals surface area contributed by atoms with E-state index in [4.69, 9.17) is 5.73 Å². The number of nitrogen functional groups attached to an aromatic ring is 1. The van der Waals surface area contributed by atoms with Gasteiger partial charge in [-0.2, -0.15) is 0 Å². The second kappa shape index (κ2) is 4.93. The third-order valence-corrected chi connectivity index (χ3v) is 4.56. The summed E-state index contributed by atoms with van der Waals surface area (Å²) in [4.78, 5) is 1.38. The van der Waals surface area contributed by atoms with Crippen LogP contribution in [0.15, 0.2) is 23.1 Å². The minimum Gasteiger partial charge on any atom is -0.399 e. The normalized spacial score (nSPS) is 17.9. The molecule has 1 aromatic carbocycles. The van der Waals surface area contributed by atoms with Crippen molar-refractivity contribution in [3.8, 4) is 0 Å². The topological polar surface area (TPSA) is 26.0 Å². The highest BCUT2D eigenvalue weighted by atomic mass is 32.2. The van der Waals surface area contributed by atoms with Gasteiger partial charge in [0.1, 0.15) is 0 Å². The number of hydrogen-bond donors (Lipinski definition) is 1. The van der Waals surface area contributed by atoms with E-state index in [0.717, 1.165) is 10.9 Å². The average Bonchev–Trinajstić information content (AvgIpc) is 2.25. The molecule has 0 atom stereocenters. The molecule has 1 fully saturated rings. The predicted octanol–water partition coefficient (Wildman–Crippen LogP) is 4.00. The van der Waals surface area contributed by atoms with Gasteiger partial charge >= 0.3 is 0 Å². The van der Waals surface area contributed by atoms with E-state index in [1.807, 2.05) is 17.8 Å². The van der Waals surface area contributed by atoms with E-state index in [0.29, 0.717) is 0 Å². The number of rotatable bonds is 2. The van der Waals surface area contributed by atoms with Crippen molar-refractivity contribution in [2.45, 2.75) is 49.2 Å². The Morgan fingerprint density at radius 3 is 2.67 bits per heavy atom. The third-order valence-electron chi connectivity index (χ3n) is 3.06. The van der Waals surface area contributed by atoms with Crippen molar-refractivity contribution in [2.75, 3.05) is 5.73 Å². The van der Waals surface area contributed by atoms with E-state index in [1.165, 1.54) is 42.6 Å². The lowest BCUT2D eigenvalue weighted by atomic mass is 10.0. The van der Waals surface area contributed by atoms with E-state index < -0.39 is 0 Å². The summed E-state index contributed by atoms with van der Waals surface area (Å²) >= 11 is 2.03. The van der Waals surface area contributed by atoms with Crippen LogP contribution in [0.2, 0.25) is 0 Å². The van der Waals surface area contributed by atoms with Crippen LogP contribution in [-0.4, -0.2) is 5.25 Å². The molecule has 1 aliphatic carbocycles. The van der Waals surface area contributed by atoms with Crippen LogP contribution in [0.5, 0.6) is 0 Å². The van der Waals surface area contributed by atoms with Crippen molar-refractivity contribution in [1.82, 2.24) is 0 Å². The van der Waals surface area contributed by atoms with Crippen molar-refractivity contribution in [3.63, 3.8) is 0 Å². The summed E-state index contributed by atoms with van der Waals surface area (Å²) in [6.07, 6.45) is 6.98. The average molecular weight is 221 g/mol. The van der Waals surface area contributed by atoms with Gasteiger partial charge in [-0.15, -0.1) is 11.8 Å². The quantitative estimate of drug-likeness (QED) is 0.764. The fraction of sp³-hybridized carbons (Fsp3) is 0.538. The molecule has 0 amide bonds. The van der Waals surface area contributed by atoms with Crippen LogP contribution in [0.1, 0.15) is 37.7 Å². The van der Waals surface area contributed by atoms with Crippen LogP contribution >= 0.6 is 11.8 Å². The fourth-order valence-corrected chi connectivity index (χ4v) is 3.49. The smallest absolute Gasteiger partial charge is 0.0325 e. The number of thioether (sulfide) groups is 1. The van der Waals surface area contributed by atoms with Crippen molar-refractivity contribution >= 4 is 17.4 Å². The molecule has 1 saturated carbocycles. The molecule has 1 aliphatic rings. The molecule has 0 heterocycles. The molecule has 0 radical (unpaired) electrons. The second-order valence-electron chi connectivity index (χ2n) is 4.40. The monoisotopic (exact) mass is 221 g/mol. The number of anilines is 1. The summed E-state index contributed by atoms with van der Waals surface area (Å²) in [5.41, 5.74) is 8.07. The maximum atomic E-state index is 5.82. The summed E-state index contributed by atoms with van der Waals surface area (Å²) < 4.78 is 0. The second-order valence-corrected chi connectivity index (χ2v) is 5.74. The molecule has 1 nitrogen and oxygen atoms in total. The molecule has 2 heteroatoms. The largest absolute Gasteiger partial charge is 0.399 e. The maximum Gasteiger partial charge on any atom is 0.0325 e. The maximum absolute atomic E-state index is 5.82. The Morgan fingerprint density at radius 1 is 1.20 bits per heavy atom. The molecule has 2 rings (SSSR count).